The van der Waals surface area contributed by atoms with Crippen molar-refractivity contribution in [3.05, 3.63) is 23.8 Å². The topological polar surface area (TPSA) is 63.6 Å². The summed E-state index contributed by atoms with van der Waals surface area (Å²) in [6.07, 6.45) is 8.59. The van der Waals surface area contributed by atoms with Gasteiger partial charge >= 0.3 is 5.97 Å². The van der Waals surface area contributed by atoms with Crippen molar-refractivity contribution in [1.82, 2.24) is 0 Å². The lowest BCUT2D eigenvalue weighted by Crippen LogP contribution is -2.53. The third-order valence-electron chi connectivity index (χ3n) is 8.50. The molecule has 0 aromatic heterocycles. The molecule has 4 aliphatic carbocycles. The number of rotatable bonds is 3. The average Bonchev–Trinajstić information content (AvgIpc) is 2.96. The van der Waals surface area contributed by atoms with Gasteiger partial charge in [-0.15, -0.1) is 0 Å². The van der Waals surface area contributed by atoms with Crippen molar-refractivity contribution in [3.63, 3.8) is 0 Å². The predicted molar refractivity (Wildman–Crippen MR) is 103 cm³/mol. The highest BCUT2D eigenvalue weighted by Crippen LogP contribution is 2.67. The summed E-state index contributed by atoms with van der Waals surface area (Å²) in [5, 5.41) is 10.6. The number of hydrogen-bond donors (Lipinski definition) is 1. The van der Waals surface area contributed by atoms with E-state index in [2.05, 4.69) is 13.5 Å². The molecule has 3 fully saturated rings. The largest absolute Gasteiger partial charge is 0.463 e. The molecule has 4 aliphatic rings. The predicted octanol–water partition coefficient (Wildman–Crippen LogP) is 3.98. The van der Waals surface area contributed by atoms with Crippen molar-refractivity contribution >= 4 is 11.8 Å². The van der Waals surface area contributed by atoms with E-state index in [-0.39, 0.29) is 23.3 Å². The van der Waals surface area contributed by atoms with Crippen molar-refractivity contribution < 1.29 is 19.4 Å². The van der Waals surface area contributed by atoms with Crippen molar-refractivity contribution in [1.29, 1.82) is 0 Å². The third kappa shape index (κ3) is 2.59. The highest BCUT2D eigenvalue weighted by molar-refractivity contribution is 5.95. The van der Waals surface area contributed by atoms with E-state index in [0.29, 0.717) is 42.8 Å². The van der Waals surface area contributed by atoms with Gasteiger partial charge in [-0.25, -0.2) is 4.79 Å². The molecule has 27 heavy (non-hydrogen) atoms. The Morgan fingerprint density at radius 1 is 1.22 bits per heavy atom. The number of carbonyl (C=O) groups excluding carboxylic acids is 2. The van der Waals surface area contributed by atoms with Crippen LogP contribution in [0.1, 0.15) is 65.2 Å². The van der Waals surface area contributed by atoms with E-state index in [9.17, 15) is 14.7 Å². The van der Waals surface area contributed by atoms with E-state index >= 15 is 0 Å². The maximum atomic E-state index is 12.7. The standard InChI is InChI=1S/C23H32O4/c1-4-27-21(26)14(2)23-12-9-16(24)13-15(23)5-6-17-18-7-8-20(25)22(18,3)11-10-19(17)23/h13,17-20,25H,2,4-12H2,1,3H3/t17-,18-,19-,20-,22-,23+/m0/s1. The first kappa shape index (κ1) is 18.9. The number of fused-ring (bicyclic) bond motifs is 5. The number of esters is 1. The number of ketones is 1. The quantitative estimate of drug-likeness (QED) is 0.601. The molecule has 0 amide bonds. The number of hydrogen-bond acceptors (Lipinski definition) is 4. The van der Waals surface area contributed by atoms with E-state index in [1.807, 2.05) is 6.92 Å². The van der Waals surface area contributed by atoms with Gasteiger partial charge in [-0.2, -0.15) is 0 Å². The number of aliphatic hydroxyl groups is 1. The molecule has 4 rings (SSSR count). The summed E-state index contributed by atoms with van der Waals surface area (Å²) in [6.45, 7) is 8.65. The molecule has 0 heterocycles. The lowest BCUT2D eigenvalue weighted by molar-refractivity contribution is -0.142. The van der Waals surface area contributed by atoms with E-state index in [0.717, 1.165) is 44.1 Å². The molecule has 1 N–H and O–H groups in total. The molecular weight excluding hydrogens is 340 g/mol. The molecule has 0 saturated heterocycles. The Kier molecular flexibility index (Phi) is 4.61. The SMILES string of the molecule is C=C(C(=O)OCC)[C@]12CCC(=O)C=C1CC[C@@H]1[C@@H]2CC[C@]2(C)[C@@H](O)CC[C@@H]12. The molecule has 0 spiro atoms. The second-order valence-electron chi connectivity index (χ2n) is 9.36. The number of aliphatic hydroxyl groups excluding tert-OH is 1. The van der Waals surface area contributed by atoms with Crippen LogP contribution >= 0.6 is 0 Å². The van der Waals surface area contributed by atoms with Crippen LogP contribution in [-0.4, -0.2) is 29.6 Å². The highest BCUT2D eigenvalue weighted by Gasteiger charge is 2.61. The molecule has 0 unspecified atom stereocenters. The Balaban J connectivity index is 1.76. The molecule has 0 aromatic carbocycles. The number of carbonyl (C=O) groups is 2. The Morgan fingerprint density at radius 3 is 2.74 bits per heavy atom. The molecule has 0 aliphatic heterocycles. The summed E-state index contributed by atoms with van der Waals surface area (Å²) in [6, 6.07) is 0. The molecule has 4 nitrogen and oxygen atoms in total. The normalized spacial score (nSPS) is 43.2. The van der Waals surface area contributed by atoms with Crippen LogP contribution in [0.25, 0.3) is 0 Å². The average molecular weight is 373 g/mol. The molecule has 4 heteroatoms. The first-order chi connectivity index (χ1) is 12.8. The van der Waals surface area contributed by atoms with E-state index in [4.69, 9.17) is 4.74 Å². The van der Waals surface area contributed by atoms with Crippen LogP contribution in [-0.2, 0) is 14.3 Å². The minimum Gasteiger partial charge on any atom is -0.463 e. The van der Waals surface area contributed by atoms with Gasteiger partial charge in [0.1, 0.15) is 0 Å². The van der Waals surface area contributed by atoms with Gasteiger partial charge in [-0.1, -0.05) is 19.1 Å². The lowest BCUT2D eigenvalue weighted by Gasteiger charge is -2.58. The third-order valence-corrected chi connectivity index (χ3v) is 8.50. The van der Waals surface area contributed by atoms with Crippen LogP contribution in [0.4, 0.5) is 0 Å². The number of allylic oxidation sites excluding steroid dienone is 1. The zero-order valence-corrected chi connectivity index (χ0v) is 16.6. The maximum Gasteiger partial charge on any atom is 0.334 e. The van der Waals surface area contributed by atoms with Gasteiger partial charge in [0.05, 0.1) is 12.7 Å². The molecule has 148 valence electrons. The smallest absolute Gasteiger partial charge is 0.334 e. The van der Waals surface area contributed by atoms with E-state index < -0.39 is 5.41 Å². The first-order valence-electron chi connectivity index (χ1n) is 10.6. The fourth-order valence-electron chi connectivity index (χ4n) is 7.16. The fourth-order valence-corrected chi connectivity index (χ4v) is 7.16. The van der Waals surface area contributed by atoms with Crippen LogP contribution < -0.4 is 0 Å². The Morgan fingerprint density at radius 2 is 2.00 bits per heavy atom. The van der Waals surface area contributed by atoms with Gasteiger partial charge in [0, 0.05) is 17.4 Å². The van der Waals surface area contributed by atoms with Crippen molar-refractivity contribution in [2.24, 2.45) is 28.6 Å². The van der Waals surface area contributed by atoms with Crippen molar-refractivity contribution in [2.75, 3.05) is 6.61 Å². The first-order valence-corrected chi connectivity index (χ1v) is 10.6. The Bertz CT molecular complexity index is 707. The van der Waals surface area contributed by atoms with Gasteiger partial charge in [0.15, 0.2) is 5.78 Å². The monoisotopic (exact) mass is 372 g/mol. The second kappa shape index (κ2) is 6.58. The van der Waals surface area contributed by atoms with Gasteiger partial charge in [0.25, 0.3) is 0 Å². The molecule has 3 saturated carbocycles. The number of ether oxygens (including phenoxy) is 1. The maximum absolute atomic E-state index is 12.7. The zero-order valence-electron chi connectivity index (χ0n) is 16.6. The Hall–Kier alpha value is -1.42. The summed E-state index contributed by atoms with van der Waals surface area (Å²) < 4.78 is 5.34. The summed E-state index contributed by atoms with van der Waals surface area (Å²) in [7, 11) is 0. The van der Waals surface area contributed by atoms with Gasteiger partial charge in [-0.05, 0) is 81.1 Å². The summed E-state index contributed by atoms with van der Waals surface area (Å²) in [4.78, 5) is 24.9. The van der Waals surface area contributed by atoms with Gasteiger partial charge in [-0.3, -0.25) is 4.79 Å². The lowest BCUT2D eigenvalue weighted by atomic mass is 9.45. The molecule has 0 aromatic rings. The summed E-state index contributed by atoms with van der Waals surface area (Å²) in [5.74, 6) is 1.17. The molecule has 0 radical (unpaired) electrons. The van der Waals surface area contributed by atoms with Crippen LogP contribution in [0.15, 0.2) is 23.8 Å². The van der Waals surface area contributed by atoms with Crippen molar-refractivity contribution in [3.8, 4) is 0 Å². The highest BCUT2D eigenvalue weighted by atomic mass is 16.5. The molecular formula is C23H32O4. The Labute approximate surface area is 162 Å². The van der Waals surface area contributed by atoms with E-state index in [1.165, 1.54) is 0 Å². The fraction of sp³-hybridized carbons (Fsp3) is 0.739. The van der Waals surface area contributed by atoms with Crippen LogP contribution in [0.2, 0.25) is 0 Å². The minimum absolute atomic E-state index is 0.000673. The van der Waals surface area contributed by atoms with Gasteiger partial charge < -0.3 is 9.84 Å². The van der Waals surface area contributed by atoms with E-state index in [1.54, 1.807) is 6.08 Å². The summed E-state index contributed by atoms with van der Waals surface area (Å²) in [5.41, 5.74) is 1.25. The van der Waals surface area contributed by atoms with Crippen molar-refractivity contribution in [2.45, 2.75) is 71.3 Å². The minimum atomic E-state index is -0.419. The van der Waals surface area contributed by atoms with Crippen LogP contribution in [0.5, 0.6) is 0 Å². The second-order valence-corrected chi connectivity index (χ2v) is 9.36. The van der Waals surface area contributed by atoms with Crippen LogP contribution in [0.3, 0.4) is 0 Å². The molecule has 6 atom stereocenters. The summed E-state index contributed by atoms with van der Waals surface area (Å²) >= 11 is 0. The molecule has 0 bridgehead atoms. The van der Waals surface area contributed by atoms with Crippen LogP contribution in [0, 0.1) is 28.6 Å². The zero-order chi connectivity index (χ0) is 19.4. The van der Waals surface area contributed by atoms with Gasteiger partial charge in [0.2, 0.25) is 0 Å².